The molecule has 0 saturated heterocycles. The van der Waals surface area contributed by atoms with Gasteiger partial charge in [-0.15, -0.1) is 0 Å². The number of hydrogen-bond acceptors (Lipinski definition) is 2. The average molecular weight is 293 g/mol. The van der Waals surface area contributed by atoms with Crippen molar-refractivity contribution in [2.45, 2.75) is 39.8 Å². The fraction of sp³-hybridized carbons (Fsp3) is 0.438. The molecule has 1 aromatic carbocycles. The van der Waals surface area contributed by atoms with Crippen LogP contribution in [0.2, 0.25) is 5.02 Å². The van der Waals surface area contributed by atoms with Gasteiger partial charge in [-0.3, -0.25) is 4.68 Å². The molecular weight excluding hydrogens is 272 g/mol. The molecule has 2 unspecified atom stereocenters. The summed E-state index contributed by atoms with van der Waals surface area (Å²) in [6.45, 7) is 6.79. The van der Waals surface area contributed by atoms with Gasteiger partial charge < -0.3 is 5.11 Å². The lowest BCUT2D eigenvalue weighted by molar-refractivity contribution is 0.116. The molecule has 2 rings (SSSR count). The zero-order chi connectivity index (χ0) is 14.7. The molecule has 2 atom stereocenters. The van der Waals surface area contributed by atoms with Crippen LogP contribution in [0.5, 0.6) is 0 Å². The Labute approximate surface area is 125 Å². The molecule has 4 heteroatoms. The van der Waals surface area contributed by atoms with E-state index in [1.807, 2.05) is 55.8 Å². The van der Waals surface area contributed by atoms with Crippen molar-refractivity contribution >= 4 is 11.6 Å². The molecule has 0 aliphatic rings. The predicted molar refractivity (Wildman–Crippen MR) is 81.9 cm³/mol. The third-order valence-electron chi connectivity index (χ3n) is 3.65. The van der Waals surface area contributed by atoms with E-state index >= 15 is 0 Å². The van der Waals surface area contributed by atoms with Crippen LogP contribution in [0.1, 0.15) is 36.9 Å². The summed E-state index contributed by atoms with van der Waals surface area (Å²) >= 11 is 6.32. The van der Waals surface area contributed by atoms with E-state index in [-0.39, 0.29) is 5.92 Å². The van der Waals surface area contributed by atoms with Gasteiger partial charge in [0.05, 0.1) is 22.5 Å². The second-order valence-electron chi connectivity index (χ2n) is 5.20. The number of benzene rings is 1. The van der Waals surface area contributed by atoms with Gasteiger partial charge in [0.2, 0.25) is 0 Å². The normalized spacial score (nSPS) is 14.2. The Bertz CT molecular complexity index is 565. The molecule has 0 fully saturated rings. The van der Waals surface area contributed by atoms with Crippen molar-refractivity contribution in [3.05, 3.63) is 52.3 Å². The van der Waals surface area contributed by atoms with Crippen molar-refractivity contribution in [2.75, 3.05) is 0 Å². The van der Waals surface area contributed by atoms with Gasteiger partial charge >= 0.3 is 0 Å². The third kappa shape index (κ3) is 3.05. The molecule has 0 bridgehead atoms. The maximum absolute atomic E-state index is 10.4. The molecule has 2 aromatic rings. The molecule has 0 radical (unpaired) electrons. The van der Waals surface area contributed by atoms with Crippen molar-refractivity contribution < 1.29 is 5.11 Å². The fourth-order valence-electron chi connectivity index (χ4n) is 2.46. The summed E-state index contributed by atoms with van der Waals surface area (Å²) in [6, 6.07) is 9.74. The first-order chi connectivity index (χ1) is 9.54. The van der Waals surface area contributed by atoms with E-state index in [1.165, 1.54) is 0 Å². The smallest absolute Gasteiger partial charge is 0.0847 e. The molecule has 0 spiro atoms. The summed E-state index contributed by atoms with van der Waals surface area (Å²) in [5.41, 5.74) is 2.80. The summed E-state index contributed by atoms with van der Waals surface area (Å²) in [5, 5.41) is 15.6. The molecule has 1 heterocycles. The third-order valence-corrected chi connectivity index (χ3v) is 4.14. The number of hydrogen-bond donors (Lipinski definition) is 1. The van der Waals surface area contributed by atoms with Crippen LogP contribution in [0, 0.1) is 12.8 Å². The Balaban J connectivity index is 2.18. The Hall–Kier alpha value is -1.32. The van der Waals surface area contributed by atoms with Gasteiger partial charge in [-0.25, -0.2) is 0 Å². The Morgan fingerprint density at radius 3 is 2.55 bits per heavy atom. The van der Waals surface area contributed by atoms with Crippen LogP contribution in [-0.2, 0) is 13.0 Å². The van der Waals surface area contributed by atoms with Crippen LogP contribution in [0.25, 0.3) is 0 Å². The number of halogens is 1. The van der Waals surface area contributed by atoms with Gasteiger partial charge in [-0.1, -0.05) is 48.9 Å². The SMILES string of the molecule is CCn1nc(C)c(Cl)c1CC(C)C(O)c1ccccc1. The van der Waals surface area contributed by atoms with Gasteiger partial charge in [0.15, 0.2) is 0 Å². The van der Waals surface area contributed by atoms with Gasteiger partial charge in [0, 0.05) is 6.54 Å². The summed E-state index contributed by atoms with van der Waals surface area (Å²) in [5.74, 6) is 0.0799. The average Bonchev–Trinajstić information content (AvgIpc) is 2.75. The fourth-order valence-corrected chi connectivity index (χ4v) is 2.67. The highest BCUT2D eigenvalue weighted by Gasteiger charge is 2.21. The first-order valence-electron chi connectivity index (χ1n) is 6.99. The molecule has 20 heavy (non-hydrogen) atoms. The summed E-state index contributed by atoms with van der Waals surface area (Å²) < 4.78 is 1.92. The topological polar surface area (TPSA) is 38.0 Å². The first kappa shape index (κ1) is 15.1. The summed E-state index contributed by atoms with van der Waals surface area (Å²) in [7, 11) is 0. The zero-order valence-electron chi connectivity index (χ0n) is 12.2. The second-order valence-corrected chi connectivity index (χ2v) is 5.58. The van der Waals surface area contributed by atoms with E-state index < -0.39 is 6.10 Å². The van der Waals surface area contributed by atoms with Crippen LogP contribution in [0.3, 0.4) is 0 Å². The zero-order valence-corrected chi connectivity index (χ0v) is 12.9. The molecular formula is C16H21ClN2O. The van der Waals surface area contributed by atoms with Gasteiger partial charge in [-0.2, -0.15) is 5.10 Å². The van der Waals surface area contributed by atoms with E-state index in [2.05, 4.69) is 5.10 Å². The maximum Gasteiger partial charge on any atom is 0.0847 e. The van der Waals surface area contributed by atoms with Crippen LogP contribution < -0.4 is 0 Å². The molecule has 0 amide bonds. The van der Waals surface area contributed by atoms with Crippen LogP contribution >= 0.6 is 11.6 Å². The summed E-state index contributed by atoms with van der Waals surface area (Å²) in [4.78, 5) is 0. The van der Waals surface area contributed by atoms with E-state index in [0.717, 1.165) is 28.5 Å². The largest absolute Gasteiger partial charge is 0.388 e. The Morgan fingerprint density at radius 2 is 1.95 bits per heavy atom. The van der Waals surface area contributed by atoms with Crippen molar-refractivity contribution in [1.82, 2.24) is 9.78 Å². The minimum atomic E-state index is -0.493. The number of rotatable bonds is 5. The van der Waals surface area contributed by atoms with Crippen LogP contribution in [0.4, 0.5) is 0 Å². The monoisotopic (exact) mass is 292 g/mol. The molecule has 0 aliphatic heterocycles. The Morgan fingerprint density at radius 1 is 1.30 bits per heavy atom. The van der Waals surface area contributed by atoms with Crippen molar-refractivity contribution in [2.24, 2.45) is 5.92 Å². The lowest BCUT2D eigenvalue weighted by Gasteiger charge is -2.19. The lowest BCUT2D eigenvalue weighted by atomic mass is 9.93. The molecule has 3 nitrogen and oxygen atoms in total. The molecule has 1 N–H and O–H groups in total. The van der Waals surface area contributed by atoms with Crippen LogP contribution in [-0.4, -0.2) is 14.9 Å². The second kappa shape index (κ2) is 6.42. The highest BCUT2D eigenvalue weighted by Crippen LogP contribution is 2.29. The standard InChI is InChI=1S/C16H21ClN2O/c1-4-19-14(15(17)12(3)18-19)10-11(2)16(20)13-8-6-5-7-9-13/h5-9,11,16,20H,4,10H2,1-3H3. The number of aromatic nitrogens is 2. The molecule has 108 valence electrons. The number of aliphatic hydroxyl groups excluding tert-OH is 1. The van der Waals surface area contributed by atoms with Crippen molar-refractivity contribution in [1.29, 1.82) is 0 Å². The van der Waals surface area contributed by atoms with E-state index in [9.17, 15) is 5.11 Å². The van der Waals surface area contributed by atoms with Gasteiger partial charge in [-0.05, 0) is 31.7 Å². The lowest BCUT2D eigenvalue weighted by Crippen LogP contribution is -2.15. The van der Waals surface area contributed by atoms with Crippen LogP contribution in [0.15, 0.2) is 30.3 Å². The van der Waals surface area contributed by atoms with Crippen molar-refractivity contribution in [3.8, 4) is 0 Å². The highest BCUT2D eigenvalue weighted by molar-refractivity contribution is 6.31. The minimum absolute atomic E-state index is 0.0799. The number of aryl methyl sites for hydroxylation is 2. The van der Waals surface area contributed by atoms with E-state index in [0.29, 0.717) is 6.42 Å². The highest BCUT2D eigenvalue weighted by atomic mass is 35.5. The molecule has 1 aromatic heterocycles. The maximum atomic E-state index is 10.4. The minimum Gasteiger partial charge on any atom is -0.388 e. The number of aliphatic hydroxyl groups is 1. The Kier molecular flexibility index (Phi) is 4.84. The van der Waals surface area contributed by atoms with Crippen molar-refractivity contribution in [3.63, 3.8) is 0 Å². The predicted octanol–water partition coefficient (Wildman–Crippen LogP) is 3.78. The van der Waals surface area contributed by atoms with Gasteiger partial charge in [0.1, 0.15) is 0 Å². The summed E-state index contributed by atoms with van der Waals surface area (Å²) in [6.07, 6.45) is 0.219. The van der Waals surface area contributed by atoms with E-state index in [4.69, 9.17) is 11.6 Å². The molecule has 0 aliphatic carbocycles. The quantitative estimate of drug-likeness (QED) is 0.911. The van der Waals surface area contributed by atoms with E-state index in [1.54, 1.807) is 0 Å². The first-order valence-corrected chi connectivity index (χ1v) is 7.37. The number of nitrogens with zero attached hydrogens (tertiary/aromatic N) is 2. The van der Waals surface area contributed by atoms with Gasteiger partial charge in [0.25, 0.3) is 0 Å². The molecule has 0 saturated carbocycles.